The van der Waals surface area contributed by atoms with Crippen molar-refractivity contribution in [1.29, 1.82) is 0 Å². The number of nitrogens with one attached hydrogen (secondary N) is 2. The molecular formula is C17H26N2O3. The zero-order valence-electron chi connectivity index (χ0n) is 14.0. The van der Waals surface area contributed by atoms with Gasteiger partial charge in [-0.2, -0.15) is 0 Å². The van der Waals surface area contributed by atoms with Crippen molar-refractivity contribution in [3.63, 3.8) is 0 Å². The number of benzene rings is 1. The van der Waals surface area contributed by atoms with Crippen molar-refractivity contribution in [3.8, 4) is 5.75 Å². The summed E-state index contributed by atoms with van der Waals surface area (Å²) >= 11 is 0. The fraction of sp³-hybridized carbons (Fsp3) is 0.529. The molecule has 1 aromatic carbocycles. The van der Waals surface area contributed by atoms with Gasteiger partial charge in [-0.15, -0.1) is 0 Å². The fourth-order valence-corrected chi connectivity index (χ4v) is 1.96. The molecule has 1 rings (SSSR count). The summed E-state index contributed by atoms with van der Waals surface area (Å²) in [6.07, 6.45) is 1.78. The van der Waals surface area contributed by atoms with Crippen molar-refractivity contribution >= 4 is 23.2 Å². The monoisotopic (exact) mass is 306 g/mol. The summed E-state index contributed by atoms with van der Waals surface area (Å²) in [7, 11) is 1.56. The molecule has 1 aromatic rings. The first-order chi connectivity index (χ1) is 10.4. The minimum atomic E-state index is -0.145. The van der Waals surface area contributed by atoms with Crippen LogP contribution in [0, 0.1) is 11.8 Å². The van der Waals surface area contributed by atoms with Gasteiger partial charge in [-0.3, -0.25) is 9.59 Å². The summed E-state index contributed by atoms with van der Waals surface area (Å²) in [6.45, 7) is 7.58. The van der Waals surface area contributed by atoms with Gasteiger partial charge < -0.3 is 15.4 Å². The quantitative estimate of drug-likeness (QED) is 0.807. The molecular weight excluding hydrogens is 280 g/mol. The summed E-state index contributed by atoms with van der Waals surface area (Å²) in [5.74, 6) is 0.255. The Balaban J connectivity index is 2.97. The van der Waals surface area contributed by atoms with E-state index in [0.29, 0.717) is 17.1 Å². The number of carbonyl (C=O) groups is 2. The van der Waals surface area contributed by atoms with Gasteiger partial charge in [0.25, 0.3) is 0 Å². The van der Waals surface area contributed by atoms with Crippen LogP contribution in [0.3, 0.4) is 0 Å². The van der Waals surface area contributed by atoms with Gasteiger partial charge in [0, 0.05) is 17.9 Å². The first kappa shape index (κ1) is 18.0. The molecule has 5 nitrogen and oxygen atoms in total. The summed E-state index contributed by atoms with van der Waals surface area (Å²) in [5.41, 5.74) is 1.14. The fourth-order valence-electron chi connectivity index (χ4n) is 1.96. The van der Waals surface area contributed by atoms with E-state index in [1.807, 2.05) is 27.7 Å². The van der Waals surface area contributed by atoms with E-state index in [1.165, 1.54) is 0 Å². The molecule has 0 fully saturated rings. The Bertz CT molecular complexity index is 527. The van der Waals surface area contributed by atoms with E-state index in [4.69, 9.17) is 4.74 Å². The molecule has 22 heavy (non-hydrogen) atoms. The van der Waals surface area contributed by atoms with Crippen molar-refractivity contribution < 1.29 is 14.3 Å². The van der Waals surface area contributed by atoms with Crippen molar-refractivity contribution in [3.05, 3.63) is 18.2 Å². The lowest BCUT2D eigenvalue weighted by Crippen LogP contribution is -2.23. The first-order valence-electron chi connectivity index (χ1n) is 7.68. The number of anilines is 2. The molecule has 0 bridgehead atoms. The molecule has 0 unspecified atom stereocenters. The van der Waals surface area contributed by atoms with Crippen LogP contribution >= 0.6 is 0 Å². The van der Waals surface area contributed by atoms with Crippen LogP contribution in [0.2, 0.25) is 0 Å². The lowest BCUT2D eigenvalue weighted by Gasteiger charge is -2.17. The van der Waals surface area contributed by atoms with Gasteiger partial charge in [0.15, 0.2) is 0 Å². The minimum absolute atomic E-state index is 0.0490. The highest BCUT2D eigenvalue weighted by molar-refractivity contribution is 6.00. The van der Waals surface area contributed by atoms with Crippen LogP contribution in [0.1, 0.15) is 40.5 Å². The van der Waals surface area contributed by atoms with Crippen molar-refractivity contribution in [2.75, 3.05) is 17.7 Å². The molecule has 0 aliphatic carbocycles. The summed E-state index contributed by atoms with van der Waals surface area (Å²) in [6, 6.07) is 5.21. The third-order valence-corrected chi connectivity index (χ3v) is 3.44. The van der Waals surface area contributed by atoms with E-state index in [1.54, 1.807) is 25.3 Å². The first-order valence-corrected chi connectivity index (χ1v) is 7.68. The molecule has 0 aliphatic rings. The Kier molecular flexibility index (Phi) is 6.89. The second-order valence-electron chi connectivity index (χ2n) is 5.73. The molecule has 0 saturated carbocycles. The molecule has 122 valence electrons. The Labute approximate surface area is 132 Å². The predicted octanol–water partition coefficient (Wildman–Crippen LogP) is 3.66. The van der Waals surface area contributed by atoms with E-state index in [9.17, 15) is 9.59 Å². The molecule has 0 spiro atoms. The molecule has 0 heterocycles. The third kappa shape index (κ3) is 5.06. The average Bonchev–Trinajstić information content (AvgIpc) is 2.48. The maximum atomic E-state index is 12.2. The Morgan fingerprint density at radius 1 is 1.09 bits per heavy atom. The summed E-state index contributed by atoms with van der Waals surface area (Å²) < 4.78 is 5.18. The molecule has 0 aromatic heterocycles. The second kappa shape index (κ2) is 8.41. The van der Waals surface area contributed by atoms with Crippen LogP contribution in [0.15, 0.2) is 18.2 Å². The minimum Gasteiger partial charge on any atom is -0.497 e. The highest BCUT2D eigenvalue weighted by Gasteiger charge is 2.16. The number of carbonyl (C=O) groups excluding carboxylic acids is 2. The van der Waals surface area contributed by atoms with Crippen LogP contribution in [0.25, 0.3) is 0 Å². The van der Waals surface area contributed by atoms with Gasteiger partial charge in [0.1, 0.15) is 5.75 Å². The van der Waals surface area contributed by atoms with Gasteiger partial charge in [-0.1, -0.05) is 34.1 Å². The zero-order valence-corrected chi connectivity index (χ0v) is 14.0. The Hall–Kier alpha value is -2.04. The number of hydrogen-bond acceptors (Lipinski definition) is 3. The van der Waals surface area contributed by atoms with Crippen LogP contribution in [-0.4, -0.2) is 18.9 Å². The average molecular weight is 306 g/mol. The van der Waals surface area contributed by atoms with Gasteiger partial charge in [-0.05, 0) is 18.6 Å². The molecule has 5 heteroatoms. The van der Waals surface area contributed by atoms with Gasteiger partial charge in [0.2, 0.25) is 11.8 Å². The van der Waals surface area contributed by atoms with Gasteiger partial charge in [0.05, 0.1) is 18.5 Å². The normalized spacial score (nSPS) is 11.9. The lowest BCUT2D eigenvalue weighted by molar-refractivity contribution is -0.120. The van der Waals surface area contributed by atoms with Crippen molar-refractivity contribution in [1.82, 2.24) is 0 Å². The second-order valence-corrected chi connectivity index (χ2v) is 5.73. The molecule has 0 radical (unpaired) electrons. The number of methoxy groups -OCH3 is 1. The van der Waals surface area contributed by atoms with E-state index < -0.39 is 0 Å². The summed E-state index contributed by atoms with van der Waals surface area (Å²) in [5, 5.41) is 5.71. The Morgan fingerprint density at radius 3 is 2.27 bits per heavy atom. The topological polar surface area (TPSA) is 67.4 Å². The number of amides is 2. The van der Waals surface area contributed by atoms with Crippen LogP contribution < -0.4 is 15.4 Å². The maximum absolute atomic E-state index is 12.2. The smallest absolute Gasteiger partial charge is 0.227 e. The third-order valence-electron chi connectivity index (χ3n) is 3.44. The molecule has 2 amide bonds. The standard InChI is InChI=1S/C17H26N2O3/c1-6-7-12(4)17(21)18-14-9-8-13(22-5)10-15(14)19-16(20)11(2)3/h8-12H,6-7H2,1-5H3,(H,18,21)(H,19,20)/t12-/m0/s1. The number of rotatable bonds is 7. The van der Waals surface area contributed by atoms with Crippen molar-refractivity contribution in [2.24, 2.45) is 11.8 Å². The highest BCUT2D eigenvalue weighted by Crippen LogP contribution is 2.28. The highest BCUT2D eigenvalue weighted by atomic mass is 16.5. The van der Waals surface area contributed by atoms with Crippen LogP contribution in [-0.2, 0) is 9.59 Å². The zero-order chi connectivity index (χ0) is 16.7. The van der Waals surface area contributed by atoms with E-state index in [2.05, 4.69) is 10.6 Å². The number of ether oxygens (including phenoxy) is 1. The molecule has 2 N–H and O–H groups in total. The Morgan fingerprint density at radius 2 is 1.73 bits per heavy atom. The van der Waals surface area contributed by atoms with Crippen molar-refractivity contribution in [2.45, 2.75) is 40.5 Å². The maximum Gasteiger partial charge on any atom is 0.227 e. The van der Waals surface area contributed by atoms with E-state index in [0.717, 1.165) is 12.8 Å². The molecule has 1 atom stereocenters. The largest absolute Gasteiger partial charge is 0.497 e. The SMILES string of the molecule is CCC[C@H](C)C(=O)Nc1ccc(OC)cc1NC(=O)C(C)C. The lowest BCUT2D eigenvalue weighted by atomic mass is 10.1. The van der Waals surface area contributed by atoms with Crippen LogP contribution in [0.4, 0.5) is 11.4 Å². The van der Waals surface area contributed by atoms with Gasteiger partial charge in [-0.25, -0.2) is 0 Å². The predicted molar refractivity (Wildman–Crippen MR) is 89.2 cm³/mol. The molecule has 0 saturated heterocycles. The molecule has 0 aliphatic heterocycles. The number of hydrogen-bond donors (Lipinski definition) is 2. The van der Waals surface area contributed by atoms with E-state index in [-0.39, 0.29) is 23.7 Å². The summed E-state index contributed by atoms with van der Waals surface area (Å²) in [4.78, 5) is 24.1. The van der Waals surface area contributed by atoms with E-state index >= 15 is 0 Å². The van der Waals surface area contributed by atoms with Crippen LogP contribution in [0.5, 0.6) is 5.75 Å². The van der Waals surface area contributed by atoms with Gasteiger partial charge >= 0.3 is 0 Å².